The zero-order valence-corrected chi connectivity index (χ0v) is 12.1. The first-order valence-electron chi connectivity index (χ1n) is 6.38. The SMILES string of the molecule is CNC(=O)c1ccc(N(CCOC)C(C)C)c(N)c1. The Morgan fingerprint density at radius 2 is 2.16 bits per heavy atom. The van der Waals surface area contributed by atoms with E-state index in [2.05, 4.69) is 24.1 Å². The average Bonchev–Trinajstić information content (AvgIpc) is 2.39. The number of hydrogen-bond donors (Lipinski definition) is 2. The van der Waals surface area contributed by atoms with Crippen molar-refractivity contribution in [3.8, 4) is 0 Å². The molecule has 0 saturated heterocycles. The van der Waals surface area contributed by atoms with Crippen molar-refractivity contribution in [1.29, 1.82) is 0 Å². The highest BCUT2D eigenvalue weighted by atomic mass is 16.5. The molecule has 0 spiro atoms. The van der Waals surface area contributed by atoms with Crippen LogP contribution in [0.25, 0.3) is 0 Å². The van der Waals surface area contributed by atoms with Gasteiger partial charge in [-0.25, -0.2) is 0 Å². The molecule has 0 radical (unpaired) electrons. The molecular weight excluding hydrogens is 242 g/mol. The van der Waals surface area contributed by atoms with Crippen LogP contribution in [0.3, 0.4) is 0 Å². The van der Waals surface area contributed by atoms with Gasteiger partial charge in [-0.3, -0.25) is 4.79 Å². The molecule has 0 heterocycles. The number of amides is 1. The van der Waals surface area contributed by atoms with Gasteiger partial charge in [0.05, 0.1) is 18.0 Å². The van der Waals surface area contributed by atoms with E-state index in [0.717, 1.165) is 12.2 Å². The van der Waals surface area contributed by atoms with Crippen molar-refractivity contribution in [3.63, 3.8) is 0 Å². The summed E-state index contributed by atoms with van der Waals surface area (Å²) in [6.45, 7) is 5.59. The number of hydrogen-bond acceptors (Lipinski definition) is 4. The summed E-state index contributed by atoms with van der Waals surface area (Å²) in [5, 5.41) is 2.59. The van der Waals surface area contributed by atoms with Crippen molar-refractivity contribution in [3.05, 3.63) is 23.8 Å². The Balaban J connectivity index is 3.01. The topological polar surface area (TPSA) is 67.6 Å². The maximum Gasteiger partial charge on any atom is 0.251 e. The van der Waals surface area contributed by atoms with Gasteiger partial charge in [-0.1, -0.05) is 0 Å². The first-order chi connectivity index (χ1) is 9.01. The van der Waals surface area contributed by atoms with Gasteiger partial charge in [-0.2, -0.15) is 0 Å². The third-order valence-electron chi connectivity index (χ3n) is 2.99. The minimum Gasteiger partial charge on any atom is -0.397 e. The lowest BCUT2D eigenvalue weighted by atomic mass is 10.1. The molecule has 0 aromatic heterocycles. The summed E-state index contributed by atoms with van der Waals surface area (Å²) in [6.07, 6.45) is 0. The second kappa shape index (κ2) is 6.99. The molecular formula is C14H23N3O2. The Bertz CT molecular complexity index is 433. The predicted octanol–water partition coefficient (Wildman–Crippen LogP) is 1.49. The van der Waals surface area contributed by atoms with Gasteiger partial charge in [0.1, 0.15) is 0 Å². The molecule has 0 fully saturated rings. The standard InChI is InChI=1S/C14H23N3O2/c1-10(2)17(7-8-19-4)13-6-5-11(9-12(13)15)14(18)16-3/h5-6,9-10H,7-8,15H2,1-4H3,(H,16,18). The number of anilines is 2. The van der Waals surface area contributed by atoms with E-state index in [1.165, 1.54) is 0 Å². The summed E-state index contributed by atoms with van der Waals surface area (Å²) in [5.74, 6) is -0.133. The highest BCUT2D eigenvalue weighted by molar-refractivity contribution is 5.96. The van der Waals surface area contributed by atoms with Gasteiger partial charge in [-0.15, -0.1) is 0 Å². The number of carbonyl (C=O) groups excluding carboxylic acids is 1. The fourth-order valence-electron chi connectivity index (χ4n) is 1.95. The Morgan fingerprint density at radius 1 is 1.47 bits per heavy atom. The lowest BCUT2D eigenvalue weighted by molar-refractivity contribution is 0.0963. The minimum atomic E-state index is -0.133. The molecule has 5 nitrogen and oxygen atoms in total. The number of methoxy groups -OCH3 is 1. The molecule has 0 saturated carbocycles. The summed E-state index contributed by atoms with van der Waals surface area (Å²) in [4.78, 5) is 13.7. The van der Waals surface area contributed by atoms with Crippen LogP contribution in [0.4, 0.5) is 11.4 Å². The van der Waals surface area contributed by atoms with Crippen molar-refractivity contribution < 1.29 is 9.53 Å². The summed E-state index contributed by atoms with van der Waals surface area (Å²) >= 11 is 0. The van der Waals surface area contributed by atoms with Gasteiger partial charge in [0.25, 0.3) is 5.91 Å². The van der Waals surface area contributed by atoms with E-state index in [-0.39, 0.29) is 5.91 Å². The lowest BCUT2D eigenvalue weighted by Gasteiger charge is -2.30. The Labute approximate surface area is 114 Å². The quantitative estimate of drug-likeness (QED) is 0.765. The molecule has 0 bridgehead atoms. The molecule has 3 N–H and O–H groups in total. The number of benzene rings is 1. The molecule has 5 heteroatoms. The second-order valence-electron chi connectivity index (χ2n) is 4.63. The van der Waals surface area contributed by atoms with Gasteiger partial charge in [0, 0.05) is 32.3 Å². The zero-order chi connectivity index (χ0) is 14.4. The first kappa shape index (κ1) is 15.3. The Kier molecular flexibility index (Phi) is 5.63. The van der Waals surface area contributed by atoms with Crippen LogP contribution in [0.2, 0.25) is 0 Å². The molecule has 1 amide bonds. The monoisotopic (exact) mass is 265 g/mol. The number of carbonyl (C=O) groups is 1. The van der Waals surface area contributed by atoms with Crippen molar-refractivity contribution in [2.24, 2.45) is 0 Å². The van der Waals surface area contributed by atoms with Crippen molar-refractivity contribution >= 4 is 17.3 Å². The molecule has 1 aromatic rings. The van der Waals surface area contributed by atoms with Gasteiger partial charge in [0.15, 0.2) is 0 Å². The van der Waals surface area contributed by atoms with Crippen LogP contribution in [0, 0.1) is 0 Å². The zero-order valence-electron chi connectivity index (χ0n) is 12.1. The van der Waals surface area contributed by atoms with Crippen LogP contribution in [-0.4, -0.2) is 39.3 Å². The van der Waals surface area contributed by atoms with Crippen LogP contribution in [0.15, 0.2) is 18.2 Å². The molecule has 0 aliphatic heterocycles. The van der Waals surface area contributed by atoms with E-state index in [4.69, 9.17) is 10.5 Å². The maximum atomic E-state index is 11.6. The van der Waals surface area contributed by atoms with E-state index in [9.17, 15) is 4.79 Å². The summed E-state index contributed by atoms with van der Waals surface area (Å²) in [6, 6.07) is 5.68. The largest absolute Gasteiger partial charge is 0.397 e. The Hall–Kier alpha value is -1.75. The highest BCUT2D eigenvalue weighted by Gasteiger charge is 2.14. The normalized spacial score (nSPS) is 10.6. The van der Waals surface area contributed by atoms with E-state index in [1.807, 2.05) is 6.07 Å². The van der Waals surface area contributed by atoms with Gasteiger partial charge in [0.2, 0.25) is 0 Å². The van der Waals surface area contributed by atoms with E-state index in [0.29, 0.717) is 23.9 Å². The second-order valence-corrected chi connectivity index (χ2v) is 4.63. The number of nitrogens with two attached hydrogens (primary N) is 1. The van der Waals surface area contributed by atoms with E-state index in [1.54, 1.807) is 26.3 Å². The van der Waals surface area contributed by atoms with Gasteiger partial charge in [-0.05, 0) is 32.0 Å². The van der Waals surface area contributed by atoms with Gasteiger partial charge < -0.3 is 20.7 Å². The number of nitrogens with one attached hydrogen (secondary N) is 1. The van der Waals surface area contributed by atoms with Crippen LogP contribution >= 0.6 is 0 Å². The maximum absolute atomic E-state index is 11.6. The number of rotatable bonds is 6. The molecule has 0 unspecified atom stereocenters. The van der Waals surface area contributed by atoms with Crippen LogP contribution in [-0.2, 0) is 4.74 Å². The number of nitrogens with zero attached hydrogens (tertiary/aromatic N) is 1. The predicted molar refractivity (Wildman–Crippen MR) is 78.6 cm³/mol. The molecule has 0 atom stereocenters. The van der Waals surface area contributed by atoms with E-state index >= 15 is 0 Å². The summed E-state index contributed by atoms with van der Waals surface area (Å²) in [7, 11) is 3.28. The van der Waals surface area contributed by atoms with Crippen LogP contribution < -0.4 is 16.0 Å². The van der Waals surface area contributed by atoms with Crippen molar-refractivity contribution in [2.45, 2.75) is 19.9 Å². The lowest BCUT2D eigenvalue weighted by Crippen LogP contribution is -2.34. The van der Waals surface area contributed by atoms with Crippen LogP contribution in [0.1, 0.15) is 24.2 Å². The summed E-state index contributed by atoms with van der Waals surface area (Å²) < 4.78 is 5.12. The van der Waals surface area contributed by atoms with Crippen molar-refractivity contribution in [2.75, 3.05) is 37.9 Å². The highest BCUT2D eigenvalue weighted by Crippen LogP contribution is 2.26. The van der Waals surface area contributed by atoms with Gasteiger partial charge >= 0.3 is 0 Å². The first-order valence-corrected chi connectivity index (χ1v) is 6.38. The van der Waals surface area contributed by atoms with Crippen LogP contribution in [0.5, 0.6) is 0 Å². The minimum absolute atomic E-state index is 0.133. The summed E-state index contributed by atoms with van der Waals surface area (Å²) in [5.41, 5.74) is 8.16. The van der Waals surface area contributed by atoms with E-state index < -0.39 is 0 Å². The molecule has 0 aliphatic rings. The fourth-order valence-corrected chi connectivity index (χ4v) is 1.95. The molecule has 0 aliphatic carbocycles. The molecule has 1 rings (SSSR count). The third kappa shape index (κ3) is 3.86. The molecule has 106 valence electrons. The number of ether oxygens (including phenoxy) is 1. The average molecular weight is 265 g/mol. The number of nitrogen functional groups attached to an aromatic ring is 1. The Morgan fingerprint density at radius 3 is 2.63 bits per heavy atom. The smallest absolute Gasteiger partial charge is 0.251 e. The third-order valence-corrected chi connectivity index (χ3v) is 2.99. The molecule has 1 aromatic carbocycles. The molecule has 19 heavy (non-hydrogen) atoms. The van der Waals surface area contributed by atoms with Crippen molar-refractivity contribution in [1.82, 2.24) is 5.32 Å². The fraction of sp³-hybridized carbons (Fsp3) is 0.500.